The molecule has 20 heavy (non-hydrogen) atoms. The summed E-state index contributed by atoms with van der Waals surface area (Å²) < 4.78 is 0. The SMILES string of the molecule is NNC(c1cccc(Cl)c1Cl)C1CSc2ccccc21. The summed E-state index contributed by atoms with van der Waals surface area (Å²) in [6.45, 7) is 0. The van der Waals surface area contributed by atoms with Crippen molar-refractivity contribution in [2.24, 2.45) is 5.84 Å². The Labute approximate surface area is 132 Å². The molecule has 3 rings (SSSR count). The van der Waals surface area contributed by atoms with Gasteiger partial charge in [-0.2, -0.15) is 0 Å². The standard InChI is InChI=1S/C15H14Cl2N2S/c16-12-6-3-5-10(14(12)17)15(19-18)11-8-20-13-7-2-1-4-9(11)13/h1-7,11,15,19H,8,18H2. The third-order valence-electron chi connectivity index (χ3n) is 3.64. The minimum Gasteiger partial charge on any atom is -0.271 e. The number of hydrogen-bond acceptors (Lipinski definition) is 3. The monoisotopic (exact) mass is 324 g/mol. The number of rotatable bonds is 3. The van der Waals surface area contributed by atoms with Crippen LogP contribution in [-0.2, 0) is 0 Å². The molecule has 0 aromatic heterocycles. The summed E-state index contributed by atoms with van der Waals surface area (Å²) in [6.07, 6.45) is 0. The van der Waals surface area contributed by atoms with E-state index in [2.05, 4.69) is 29.7 Å². The van der Waals surface area contributed by atoms with Gasteiger partial charge in [0.25, 0.3) is 0 Å². The van der Waals surface area contributed by atoms with Crippen molar-refractivity contribution >= 4 is 35.0 Å². The molecule has 0 saturated carbocycles. The molecule has 3 N–H and O–H groups in total. The highest BCUT2D eigenvalue weighted by Gasteiger charge is 2.32. The molecule has 0 spiro atoms. The topological polar surface area (TPSA) is 38.0 Å². The van der Waals surface area contributed by atoms with Gasteiger partial charge in [0, 0.05) is 16.6 Å². The summed E-state index contributed by atoms with van der Waals surface area (Å²) in [5, 5.41) is 1.13. The first-order valence-corrected chi connectivity index (χ1v) is 8.08. The fourth-order valence-electron chi connectivity index (χ4n) is 2.65. The Morgan fingerprint density at radius 3 is 2.75 bits per heavy atom. The molecular weight excluding hydrogens is 311 g/mol. The van der Waals surface area contributed by atoms with Crippen LogP contribution in [-0.4, -0.2) is 5.75 Å². The molecule has 0 fully saturated rings. The van der Waals surface area contributed by atoms with Crippen LogP contribution < -0.4 is 11.3 Å². The Balaban J connectivity index is 2.02. The van der Waals surface area contributed by atoms with Crippen molar-refractivity contribution in [3.05, 3.63) is 63.6 Å². The number of nitrogens with one attached hydrogen (secondary N) is 1. The average molecular weight is 325 g/mol. The Bertz CT molecular complexity index is 633. The van der Waals surface area contributed by atoms with Crippen molar-refractivity contribution < 1.29 is 0 Å². The van der Waals surface area contributed by atoms with E-state index in [1.807, 2.05) is 23.9 Å². The Morgan fingerprint density at radius 1 is 1.15 bits per heavy atom. The molecule has 0 amide bonds. The Hall–Kier alpha value is -0.710. The zero-order valence-electron chi connectivity index (χ0n) is 10.6. The molecule has 2 aromatic rings. The van der Waals surface area contributed by atoms with Gasteiger partial charge >= 0.3 is 0 Å². The predicted octanol–water partition coefficient (Wildman–Crippen LogP) is 4.39. The van der Waals surface area contributed by atoms with E-state index >= 15 is 0 Å². The first-order chi connectivity index (χ1) is 9.72. The molecule has 0 aliphatic carbocycles. The highest BCUT2D eigenvalue weighted by atomic mass is 35.5. The van der Waals surface area contributed by atoms with Crippen molar-refractivity contribution in [2.75, 3.05) is 5.75 Å². The van der Waals surface area contributed by atoms with Gasteiger partial charge in [-0.15, -0.1) is 11.8 Å². The van der Waals surface area contributed by atoms with Crippen LogP contribution in [0.5, 0.6) is 0 Å². The number of benzene rings is 2. The number of hydrogen-bond donors (Lipinski definition) is 2. The molecular formula is C15H14Cl2N2S. The molecule has 2 unspecified atom stereocenters. The van der Waals surface area contributed by atoms with Crippen LogP contribution in [0.1, 0.15) is 23.1 Å². The molecule has 2 atom stereocenters. The summed E-state index contributed by atoms with van der Waals surface area (Å²) in [7, 11) is 0. The van der Waals surface area contributed by atoms with Crippen LogP contribution in [0, 0.1) is 0 Å². The second-order valence-electron chi connectivity index (χ2n) is 4.74. The molecule has 1 aliphatic rings. The second kappa shape index (κ2) is 5.96. The van der Waals surface area contributed by atoms with Crippen LogP contribution in [0.3, 0.4) is 0 Å². The molecule has 104 valence electrons. The van der Waals surface area contributed by atoms with Crippen molar-refractivity contribution in [3.8, 4) is 0 Å². The van der Waals surface area contributed by atoms with Gasteiger partial charge in [-0.3, -0.25) is 11.3 Å². The highest BCUT2D eigenvalue weighted by molar-refractivity contribution is 7.99. The van der Waals surface area contributed by atoms with Crippen LogP contribution in [0.2, 0.25) is 10.0 Å². The van der Waals surface area contributed by atoms with E-state index in [0.717, 1.165) is 11.3 Å². The summed E-state index contributed by atoms with van der Waals surface area (Å²) in [5.41, 5.74) is 5.18. The van der Waals surface area contributed by atoms with E-state index in [-0.39, 0.29) is 12.0 Å². The lowest BCUT2D eigenvalue weighted by Gasteiger charge is -2.24. The minimum absolute atomic E-state index is 0.0441. The van der Waals surface area contributed by atoms with Gasteiger partial charge in [0.05, 0.1) is 16.1 Å². The van der Waals surface area contributed by atoms with E-state index in [0.29, 0.717) is 10.0 Å². The zero-order chi connectivity index (χ0) is 14.1. The maximum Gasteiger partial charge on any atom is 0.0640 e. The summed E-state index contributed by atoms with van der Waals surface area (Å²) in [4.78, 5) is 1.32. The summed E-state index contributed by atoms with van der Waals surface area (Å²) in [6, 6.07) is 14.0. The average Bonchev–Trinajstić information content (AvgIpc) is 2.88. The maximum atomic E-state index is 6.34. The highest BCUT2D eigenvalue weighted by Crippen LogP contribution is 2.46. The lowest BCUT2D eigenvalue weighted by atomic mass is 9.89. The van der Waals surface area contributed by atoms with Gasteiger partial charge in [0.2, 0.25) is 0 Å². The van der Waals surface area contributed by atoms with E-state index in [4.69, 9.17) is 29.0 Å². The van der Waals surface area contributed by atoms with E-state index in [1.165, 1.54) is 10.5 Å². The molecule has 5 heteroatoms. The minimum atomic E-state index is -0.0441. The maximum absolute atomic E-state index is 6.34. The van der Waals surface area contributed by atoms with E-state index in [1.54, 1.807) is 6.07 Å². The third-order valence-corrected chi connectivity index (χ3v) is 5.68. The van der Waals surface area contributed by atoms with Crippen molar-refractivity contribution in [1.29, 1.82) is 0 Å². The van der Waals surface area contributed by atoms with Crippen LogP contribution >= 0.6 is 35.0 Å². The number of halogens is 2. The largest absolute Gasteiger partial charge is 0.271 e. The summed E-state index contributed by atoms with van der Waals surface area (Å²) >= 11 is 14.3. The molecule has 2 aromatic carbocycles. The first kappa shape index (κ1) is 14.2. The molecule has 0 radical (unpaired) electrons. The van der Waals surface area contributed by atoms with Crippen LogP contribution in [0.4, 0.5) is 0 Å². The zero-order valence-corrected chi connectivity index (χ0v) is 13.0. The van der Waals surface area contributed by atoms with Crippen molar-refractivity contribution in [1.82, 2.24) is 5.43 Å². The normalized spacial score (nSPS) is 18.9. The second-order valence-corrected chi connectivity index (χ2v) is 6.59. The van der Waals surface area contributed by atoms with Gasteiger partial charge in [0.1, 0.15) is 0 Å². The number of thioether (sulfide) groups is 1. The molecule has 1 heterocycles. The lowest BCUT2D eigenvalue weighted by molar-refractivity contribution is 0.485. The van der Waals surface area contributed by atoms with Crippen LogP contribution in [0.15, 0.2) is 47.4 Å². The fraction of sp³-hybridized carbons (Fsp3) is 0.200. The summed E-state index contributed by atoms with van der Waals surface area (Å²) in [5.74, 6) is 7.07. The molecule has 0 saturated heterocycles. The van der Waals surface area contributed by atoms with Gasteiger partial charge in [-0.1, -0.05) is 53.5 Å². The van der Waals surface area contributed by atoms with Crippen molar-refractivity contribution in [3.63, 3.8) is 0 Å². The van der Waals surface area contributed by atoms with Crippen LogP contribution in [0.25, 0.3) is 0 Å². The van der Waals surface area contributed by atoms with Gasteiger partial charge in [-0.25, -0.2) is 0 Å². The Kier molecular flexibility index (Phi) is 4.24. The van der Waals surface area contributed by atoms with Crippen molar-refractivity contribution in [2.45, 2.75) is 16.9 Å². The van der Waals surface area contributed by atoms with Gasteiger partial charge in [-0.05, 0) is 23.3 Å². The molecule has 2 nitrogen and oxygen atoms in total. The first-order valence-electron chi connectivity index (χ1n) is 6.34. The van der Waals surface area contributed by atoms with Gasteiger partial charge in [0.15, 0.2) is 0 Å². The number of fused-ring (bicyclic) bond motifs is 1. The smallest absolute Gasteiger partial charge is 0.0640 e. The van der Waals surface area contributed by atoms with E-state index < -0.39 is 0 Å². The quantitative estimate of drug-likeness (QED) is 0.649. The van der Waals surface area contributed by atoms with Gasteiger partial charge < -0.3 is 0 Å². The fourth-order valence-corrected chi connectivity index (χ4v) is 4.36. The molecule has 1 aliphatic heterocycles. The lowest BCUT2D eigenvalue weighted by Crippen LogP contribution is -2.33. The number of nitrogens with two attached hydrogens (primary N) is 1. The number of hydrazine groups is 1. The predicted molar refractivity (Wildman–Crippen MR) is 86.4 cm³/mol. The molecule has 0 bridgehead atoms. The van der Waals surface area contributed by atoms with E-state index in [9.17, 15) is 0 Å². The Morgan fingerprint density at radius 2 is 1.95 bits per heavy atom. The third kappa shape index (κ3) is 2.45.